The fraction of sp³-hybridized carbons (Fsp3) is 0. The van der Waals surface area contributed by atoms with Crippen molar-refractivity contribution in [1.29, 1.82) is 0 Å². The van der Waals surface area contributed by atoms with Crippen molar-refractivity contribution < 1.29 is 24.6 Å². The Kier molecular flexibility index (Phi) is 9.15. The maximum absolute atomic E-state index is 9.94. The van der Waals surface area contributed by atoms with E-state index in [4.69, 9.17) is 10.2 Å². The fourth-order valence-electron chi connectivity index (χ4n) is 0.226. The first kappa shape index (κ1) is 14.4. The lowest BCUT2D eigenvalue weighted by Gasteiger charge is -1.74. The zero-order valence-electron chi connectivity index (χ0n) is 7.34. The predicted molar refractivity (Wildman–Crippen MR) is 49.8 cm³/mol. The molecule has 0 heterocycles. The van der Waals surface area contributed by atoms with Gasteiger partial charge in [0.25, 0.3) is 0 Å². The van der Waals surface area contributed by atoms with Gasteiger partial charge in [0.15, 0.2) is 5.78 Å². The highest BCUT2D eigenvalue weighted by atomic mass is 16.4. The van der Waals surface area contributed by atoms with Crippen LogP contribution in [0.5, 0.6) is 0 Å². The summed E-state index contributed by atoms with van der Waals surface area (Å²) in [6.07, 6.45) is 3.55. The molecular weight excluding hydrogens is 188 g/mol. The molecule has 0 amide bonds. The molecule has 2 N–H and O–H groups in total. The molecule has 0 aliphatic rings. The number of carbonyl (C=O) groups excluding carboxylic acids is 1. The Morgan fingerprint density at radius 3 is 1.21 bits per heavy atom. The molecule has 0 aromatic heterocycles. The molecule has 5 nitrogen and oxygen atoms in total. The summed E-state index contributed by atoms with van der Waals surface area (Å²) in [5.74, 6) is -2.64. The van der Waals surface area contributed by atoms with Gasteiger partial charge >= 0.3 is 11.9 Å². The predicted octanol–water partition coefficient (Wildman–Crippen LogP) is 0.639. The van der Waals surface area contributed by atoms with Gasteiger partial charge in [0.05, 0.1) is 0 Å². The van der Waals surface area contributed by atoms with Gasteiger partial charge in [-0.25, -0.2) is 9.59 Å². The SMILES string of the molecule is C=CC(=O)C=C.O=C(O)/C=C/C(=O)O. The van der Waals surface area contributed by atoms with Gasteiger partial charge in [-0.3, -0.25) is 4.79 Å². The molecule has 0 radical (unpaired) electrons. The maximum Gasteiger partial charge on any atom is 0.328 e. The summed E-state index contributed by atoms with van der Waals surface area (Å²) in [6, 6.07) is 0. The minimum Gasteiger partial charge on any atom is -0.478 e. The first-order valence-electron chi connectivity index (χ1n) is 3.36. The molecule has 0 rings (SSSR count). The summed E-state index contributed by atoms with van der Waals surface area (Å²) in [6.45, 7) is 6.42. The van der Waals surface area contributed by atoms with Crippen LogP contribution in [0.25, 0.3) is 0 Å². The van der Waals surface area contributed by atoms with E-state index in [1.165, 1.54) is 12.2 Å². The van der Waals surface area contributed by atoms with Crippen molar-refractivity contribution in [3.8, 4) is 0 Å². The Hall–Kier alpha value is -2.17. The molecule has 0 aromatic rings. The van der Waals surface area contributed by atoms with Gasteiger partial charge in [0, 0.05) is 12.2 Å². The number of ketones is 1. The zero-order chi connectivity index (χ0) is 11.6. The molecule has 5 heteroatoms. The Balaban J connectivity index is 0. The van der Waals surface area contributed by atoms with Gasteiger partial charge in [0.1, 0.15) is 0 Å². The van der Waals surface area contributed by atoms with E-state index < -0.39 is 11.9 Å². The van der Waals surface area contributed by atoms with E-state index in [2.05, 4.69) is 13.2 Å². The van der Waals surface area contributed by atoms with E-state index in [9.17, 15) is 14.4 Å². The smallest absolute Gasteiger partial charge is 0.328 e. The van der Waals surface area contributed by atoms with Crippen LogP contribution in [-0.4, -0.2) is 27.9 Å². The second-order valence-corrected chi connectivity index (χ2v) is 1.82. The van der Waals surface area contributed by atoms with Gasteiger partial charge < -0.3 is 10.2 Å². The average Bonchev–Trinajstić information content (AvgIpc) is 2.14. The van der Waals surface area contributed by atoms with Crippen molar-refractivity contribution in [2.24, 2.45) is 0 Å². The number of hydrogen-bond donors (Lipinski definition) is 2. The van der Waals surface area contributed by atoms with Crippen LogP contribution >= 0.6 is 0 Å². The summed E-state index contributed by atoms with van der Waals surface area (Å²) in [5.41, 5.74) is 0. The molecule has 0 aliphatic carbocycles. The minimum absolute atomic E-state index is 0.130. The largest absolute Gasteiger partial charge is 0.478 e. The first-order valence-corrected chi connectivity index (χ1v) is 3.36. The van der Waals surface area contributed by atoms with Crippen LogP contribution in [0.4, 0.5) is 0 Å². The van der Waals surface area contributed by atoms with Crippen LogP contribution in [0.15, 0.2) is 37.5 Å². The van der Waals surface area contributed by atoms with Crippen molar-refractivity contribution >= 4 is 17.7 Å². The lowest BCUT2D eigenvalue weighted by molar-refractivity contribution is -0.134. The minimum atomic E-state index is -1.26. The van der Waals surface area contributed by atoms with E-state index in [0.717, 1.165) is 0 Å². The Morgan fingerprint density at radius 1 is 0.857 bits per heavy atom. The van der Waals surface area contributed by atoms with Gasteiger partial charge in [-0.15, -0.1) is 0 Å². The molecule has 0 aromatic carbocycles. The van der Waals surface area contributed by atoms with Gasteiger partial charge in [-0.05, 0) is 12.2 Å². The number of carbonyl (C=O) groups is 3. The molecular formula is C9H10O5. The number of carboxylic acids is 2. The average molecular weight is 198 g/mol. The molecule has 0 aliphatic heterocycles. The third-order valence-corrected chi connectivity index (χ3v) is 0.771. The molecule has 0 atom stereocenters. The highest BCUT2D eigenvalue weighted by Gasteiger charge is 1.88. The fourth-order valence-corrected chi connectivity index (χ4v) is 0.226. The number of aliphatic carboxylic acids is 2. The molecule has 14 heavy (non-hydrogen) atoms. The van der Waals surface area contributed by atoms with Crippen LogP contribution in [0.2, 0.25) is 0 Å². The lowest BCUT2D eigenvalue weighted by atomic mass is 10.4. The van der Waals surface area contributed by atoms with Crippen LogP contribution in [0, 0.1) is 0 Å². The number of rotatable bonds is 4. The summed E-state index contributed by atoms with van der Waals surface area (Å²) in [4.78, 5) is 29.1. The molecule has 0 saturated heterocycles. The third kappa shape index (κ3) is 16.4. The van der Waals surface area contributed by atoms with E-state index in [1.54, 1.807) is 0 Å². The monoisotopic (exact) mass is 198 g/mol. The quantitative estimate of drug-likeness (QED) is 0.646. The van der Waals surface area contributed by atoms with E-state index in [-0.39, 0.29) is 5.78 Å². The second-order valence-electron chi connectivity index (χ2n) is 1.82. The first-order chi connectivity index (χ1) is 6.43. The molecule has 0 unspecified atom stereocenters. The highest BCUT2D eigenvalue weighted by molar-refractivity contribution is 5.98. The summed E-state index contributed by atoms with van der Waals surface area (Å²) in [7, 11) is 0. The van der Waals surface area contributed by atoms with Gasteiger partial charge in [-0.2, -0.15) is 0 Å². The Morgan fingerprint density at radius 2 is 1.14 bits per heavy atom. The van der Waals surface area contributed by atoms with E-state index in [1.807, 2.05) is 0 Å². The normalized spacial score (nSPS) is 8.29. The van der Waals surface area contributed by atoms with Crippen molar-refractivity contribution in [3.05, 3.63) is 37.5 Å². The molecule has 76 valence electrons. The second kappa shape index (κ2) is 8.92. The van der Waals surface area contributed by atoms with Crippen LogP contribution < -0.4 is 0 Å². The topological polar surface area (TPSA) is 91.7 Å². The number of carboxylic acid groups (broad SMARTS) is 2. The van der Waals surface area contributed by atoms with Crippen molar-refractivity contribution in [2.75, 3.05) is 0 Å². The summed E-state index contributed by atoms with van der Waals surface area (Å²) >= 11 is 0. The molecule has 0 spiro atoms. The summed E-state index contributed by atoms with van der Waals surface area (Å²) < 4.78 is 0. The van der Waals surface area contributed by atoms with Crippen molar-refractivity contribution in [3.63, 3.8) is 0 Å². The van der Waals surface area contributed by atoms with Crippen molar-refractivity contribution in [2.45, 2.75) is 0 Å². The van der Waals surface area contributed by atoms with Crippen LogP contribution in [0.3, 0.4) is 0 Å². The zero-order valence-corrected chi connectivity index (χ0v) is 7.34. The highest BCUT2D eigenvalue weighted by Crippen LogP contribution is 1.70. The van der Waals surface area contributed by atoms with Gasteiger partial charge in [-0.1, -0.05) is 13.2 Å². The van der Waals surface area contributed by atoms with E-state index >= 15 is 0 Å². The number of allylic oxidation sites excluding steroid dienone is 2. The number of hydrogen-bond acceptors (Lipinski definition) is 3. The maximum atomic E-state index is 9.94. The standard InChI is InChI=1S/C5H6O.C4H4O4/c1-3-5(6)4-2;5-3(6)1-2-4(7)8/h3-4H,1-2H2;1-2H,(H,5,6)(H,7,8)/b;2-1+. The third-order valence-electron chi connectivity index (χ3n) is 0.771. The summed E-state index contributed by atoms with van der Waals surface area (Å²) in [5, 5.41) is 15.6. The van der Waals surface area contributed by atoms with Crippen LogP contribution in [0.1, 0.15) is 0 Å². The molecule has 0 fully saturated rings. The van der Waals surface area contributed by atoms with E-state index in [0.29, 0.717) is 12.2 Å². The van der Waals surface area contributed by atoms with Crippen LogP contribution in [-0.2, 0) is 14.4 Å². The Labute approximate surface area is 80.7 Å². The Bertz CT molecular complexity index is 249. The van der Waals surface area contributed by atoms with Gasteiger partial charge in [0.2, 0.25) is 0 Å². The molecule has 0 bridgehead atoms. The molecule has 0 saturated carbocycles. The lowest BCUT2D eigenvalue weighted by Crippen LogP contribution is -1.91. The van der Waals surface area contributed by atoms with Crippen molar-refractivity contribution in [1.82, 2.24) is 0 Å².